The molecule has 1 aliphatic heterocycles. The maximum atomic E-state index is 12.4. The predicted octanol–water partition coefficient (Wildman–Crippen LogP) is 2.91. The number of sulfonamides is 1. The van der Waals surface area contributed by atoms with Gasteiger partial charge < -0.3 is 4.74 Å². The lowest BCUT2D eigenvalue weighted by Gasteiger charge is -2.15. The Bertz CT molecular complexity index is 869. The number of nitriles is 1. The molecule has 26 heavy (non-hydrogen) atoms. The van der Waals surface area contributed by atoms with Crippen LogP contribution in [0, 0.1) is 11.3 Å². The number of rotatable bonds is 7. The fourth-order valence-electron chi connectivity index (χ4n) is 2.61. The third-order valence-corrected chi connectivity index (χ3v) is 6.79. The van der Waals surface area contributed by atoms with E-state index in [1.165, 1.54) is 22.3 Å². The highest BCUT2D eigenvalue weighted by Gasteiger charge is 2.27. The van der Waals surface area contributed by atoms with Gasteiger partial charge in [-0.1, -0.05) is 0 Å². The quantitative estimate of drug-likeness (QED) is 0.535. The average Bonchev–Trinajstić information content (AvgIpc) is 3.22. The molecule has 0 bridgehead atoms. The standard InChI is InChI=1S/C18H19N3O3S2/c19-13-15-3-5-16(6-4-15)24-11-12-25-18-8-7-17(14-20-18)26(22,23)21-9-1-2-10-21/h3-8,14H,1-2,9-12H2. The van der Waals surface area contributed by atoms with Crippen LogP contribution in [0.5, 0.6) is 5.75 Å². The minimum absolute atomic E-state index is 0.248. The topological polar surface area (TPSA) is 83.3 Å². The number of hydrogen-bond acceptors (Lipinski definition) is 6. The Morgan fingerprint density at radius 2 is 1.88 bits per heavy atom. The number of nitrogens with zero attached hydrogens (tertiary/aromatic N) is 3. The lowest BCUT2D eigenvalue weighted by Crippen LogP contribution is -2.27. The van der Waals surface area contributed by atoms with E-state index >= 15 is 0 Å². The molecular weight excluding hydrogens is 370 g/mol. The zero-order chi connectivity index (χ0) is 18.4. The first-order valence-electron chi connectivity index (χ1n) is 8.31. The second-order valence-electron chi connectivity index (χ2n) is 5.78. The molecule has 1 aliphatic rings. The van der Waals surface area contributed by atoms with Crippen molar-refractivity contribution in [3.63, 3.8) is 0 Å². The maximum absolute atomic E-state index is 12.4. The third kappa shape index (κ3) is 4.55. The van der Waals surface area contributed by atoms with Crippen LogP contribution in [0.25, 0.3) is 0 Å². The van der Waals surface area contributed by atoms with Crippen molar-refractivity contribution in [3.05, 3.63) is 48.2 Å². The molecule has 3 rings (SSSR count). The van der Waals surface area contributed by atoms with E-state index in [0.717, 1.165) is 17.9 Å². The molecule has 0 amide bonds. The van der Waals surface area contributed by atoms with E-state index < -0.39 is 10.0 Å². The van der Waals surface area contributed by atoms with Crippen molar-refractivity contribution in [3.8, 4) is 11.8 Å². The molecular formula is C18H19N3O3S2. The van der Waals surface area contributed by atoms with Crippen LogP contribution in [0.15, 0.2) is 52.5 Å². The molecule has 8 heteroatoms. The number of pyridine rings is 1. The van der Waals surface area contributed by atoms with Gasteiger partial charge in [-0.15, -0.1) is 11.8 Å². The first-order valence-corrected chi connectivity index (χ1v) is 10.7. The summed E-state index contributed by atoms with van der Waals surface area (Å²) in [5, 5.41) is 9.52. The zero-order valence-electron chi connectivity index (χ0n) is 14.2. The SMILES string of the molecule is N#Cc1ccc(OCCSc2ccc(S(=O)(=O)N3CCCC3)cn2)cc1. The number of hydrogen-bond donors (Lipinski definition) is 0. The van der Waals surface area contributed by atoms with E-state index in [-0.39, 0.29) is 4.90 Å². The van der Waals surface area contributed by atoms with Crippen LogP contribution in [0.4, 0.5) is 0 Å². The molecule has 0 radical (unpaired) electrons. The van der Waals surface area contributed by atoms with E-state index in [1.807, 2.05) is 0 Å². The Hall–Kier alpha value is -2.08. The molecule has 0 unspecified atom stereocenters. The highest BCUT2D eigenvalue weighted by atomic mass is 32.2. The molecule has 1 aromatic carbocycles. The highest BCUT2D eigenvalue weighted by molar-refractivity contribution is 7.99. The summed E-state index contributed by atoms with van der Waals surface area (Å²) in [5.74, 6) is 1.40. The van der Waals surface area contributed by atoms with Crippen LogP contribution < -0.4 is 4.74 Å². The molecule has 1 saturated heterocycles. The van der Waals surface area contributed by atoms with E-state index in [0.29, 0.717) is 36.8 Å². The molecule has 0 atom stereocenters. The van der Waals surface area contributed by atoms with Gasteiger partial charge in [-0.3, -0.25) is 0 Å². The van der Waals surface area contributed by atoms with E-state index in [9.17, 15) is 8.42 Å². The summed E-state index contributed by atoms with van der Waals surface area (Å²) in [4.78, 5) is 4.50. The Labute approximate surface area is 157 Å². The summed E-state index contributed by atoms with van der Waals surface area (Å²) in [5.41, 5.74) is 0.597. The van der Waals surface area contributed by atoms with Crippen molar-refractivity contribution in [2.75, 3.05) is 25.4 Å². The van der Waals surface area contributed by atoms with Gasteiger partial charge in [0, 0.05) is 25.0 Å². The lowest BCUT2D eigenvalue weighted by atomic mass is 10.2. The average molecular weight is 390 g/mol. The van der Waals surface area contributed by atoms with Gasteiger partial charge in [0.1, 0.15) is 10.6 Å². The van der Waals surface area contributed by atoms with Crippen LogP contribution in [-0.2, 0) is 10.0 Å². The van der Waals surface area contributed by atoms with Crippen molar-refractivity contribution in [2.24, 2.45) is 0 Å². The Balaban J connectivity index is 1.49. The van der Waals surface area contributed by atoms with Crippen LogP contribution in [-0.4, -0.2) is 43.2 Å². The fraction of sp³-hybridized carbons (Fsp3) is 0.333. The van der Waals surface area contributed by atoms with E-state index in [1.54, 1.807) is 36.4 Å². The summed E-state index contributed by atoms with van der Waals surface area (Å²) >= 11 is 1.50. The van der Waals surface area contributed by atoms with E-state index in [2.05, 4.69) is 11.1 Å². The van der Waals surface area contributed by atoms with E-state index in [4.69, 9.17) is 10.00 Å². The molecule has 0 aliphatic carbocycles. The van der Waals surface area contributed by atoms with Crippen LogP contribution in [0.3, 0.4) is 0 Å². The molecule has 1 fully saturated rings. The predicted molar refractivity (Wildman–Crippen MR) is 99.6 cm³/mol. The molecule has 1 aromatic heterocycles. The summed E-state index contributed by atoms with van der Waals surface area (Å²) in [6.07, 6.45) is 3.26. The Morgan fingerprint density at radius 1 is 1.15 bits per heavy atom. The third-order valence-electron chi connectivity index (χ3n) is 4.00. The minimum atomic E-state index is -3.41. The van der Waals surface area contributed by atoms with Gasteiger partial charge in [0.2, 0.25) is 10.0 Å². The minimum Gasteiger partial charge on any atom is -0.493 e. The van der Waals surface area contributed by atoms with Crippen molar-refractivity contribution >= 4 is 21.8 Å². The Kier molecular flexibility index (Phi) is 6.14. The number of benzene rings is 1. The lowest BCUT2D eigenvalue weighted by molar-refractivity contribution is 0.344. The van der Waals surface area contributed by atoms with Gasteiger partial charge in [0.15, 0.2) is 0 Å². The first-order chi connectivity index (χ1) is 12.6. The summed E-state index contributed by atoms with van der Waals surface area (Å²) in [6, 6.07) is 12.4. The Morgan fingerprint density at radius 3 is 2.50 bits per heavy atom. The number of ether oxygens (including phenoxy) is 1. The van der Waals surface area contributed by atoms with Gasteiger partial charge in [0.25, 0.3) is 0 Å². The maximum Gasteiger partial charge on any atom is 0.244 e. The van der Waals surface area contributed by atoms with Crippen LogP contribution in [0.2, 0.25) is 0 Å². The van der Waals surface area contributed by atoms with Crippen molar-refractivity contribution in [2.45, 2.75) is 22.8 Å². The summed E-state index contributed by atoms with van der Waals surface area (Å²) in [6.45, 7) is 1.67. The van der Waals surface area contributed by atoms with Crippen molar-refractivity contribution in [1.29, 1.82) is 5.26 Å². The van der Waals surface area contributed by atoms with Crippen molar-refractivity contribution < 1.29 is 13.2 Å². The van der Waals surface area contributed by atoms with Crippen LogP contribution in [0.1, 0.15) is 18.4 Å². The van der Waals surface area contributed by atoms with Gasteiger partial charge in [-0.05, 0) is 49.2 Å². The van der Waals surface area contributed by atoms with Gasteiger partial charge >= 0.3 is 0 Å². The molecule has 0 N–H and O–H groups in total. The largest absolute Gasteiger partial charge is 0.493 e. The van der Waals surface area contributed by atoms with Gasteiger partial charge in [-0.25, -0.2) is 13.4 Å². The summed E-state index contributed by atoms with van der Waals surface area (Å²) in [7, 11) is -3.41. The molecule has 2 aromatic rings. The highest BCUT2D eigenvalue weighted by Crippen LogP contribution is 2.22. The molecule has 2 heterocycles. The molecule has 6 nitrogen and oxygen atoms in total. The molecule has 0 spiro atoms. The van der Waals surface area contributed by atoms with Crippen LogP contribution >= 0.6 is 11.8 Å². The fourth-order valence-corrected chi connectivity index (χ4v) is 4.74. The zero-order valence-corrected chi connectivity index (χ0v) is 15.8. The van der Waals surface area contributed by atoms with Crippen molar-refractivity contribution in [1.82, 2.24) is 9.29 Å². The number of aromatic nitrogens is 1. The summed E-state index contributed by atoms with van der Waals surface area (Å²) < 4.78 is 32.0. The molecule has 0 saturated carbocycles. The second-order valence-corrected chi connectivity index (χ2v) is 8.83. The van der Waals surface area contributed by atoms with Gasteiger partial charge in [0.05, 0.1) is 23.3 Å². The molecule has 136 valence electrons. The normalized spacial score (nSPS) is 14.9. The van der Waals surface area contributed by atoms with Gasteiger partial charge in [-0.2, -0.15) is 9.57 Å². The smallest absolute Gasteiger partial charge is 0.244 e. The first kappa shape index (κ1) is 18.7. The second kappa shape index (κ2) is 8.54. The number of thioether (sulfide) groups is 1. The monoisotopic (exact) mass is 389 g/mol.